The molecule has 24 heavy (non-hydrogen) atoms. The Balaban J connectivity index is 2.58. The molecule has 0 saturated heterocycles. The summed E-state index contributed by atoms with van der Waals surface area (Å²) >= 11 is 0. The highest BCUT2D eigenvalue weighted by molar-refractivity contribution is 7.62. The number of aryl methyl sites for hydroxylation is 1. The maximum Gasteiger partial charge on any atom is 0.365 e. The van der Waals surface area contributed by atoms with E-state index in [0.29, 0.717) is 36.0 Å². The van der Waals surface area contributed by atoms with Gasteiger partial charge in [0.15, 0.2) is 11.6 Å². The number of furan rings is 1. The normalized spacial score (nSPS) is 12.3. The van der Waals surface area contributed by atoms with Gasteiger partial charge in [0.1, 0.15) is 5.30 Å². The minimum absolute atomic E-state index is 0.292. The molecule has 0 unspecified atom stereocenters. The van der Waals surface area contributed by atoms with Crippen LogP contribution < -0.4 is 5.30 Å². The molecule has 6 nitrogen and oxygen atoms in total. The van der Waals surface area contributed by atoms with Gasteiger partial charge in [-0.25, -0.2) is 4.98 Å². The van der Waals surface area contributed by atoms with Crippen molar-refractivity contribution >= 4 is 12.9 Å². The Bertz CT molecular complexity index is 723. The molecule has 0 fully saturated rings. The van der Waals surface area contributed by atoms with Crippen molar-refractivity contribution in [1.82, 2.24) is 9.55 Å². The van der Waals surface area contributed by atoms with E-state index >= 15 is 0 Å². The lowest BCUT2D eigenvalue weighted by molar-refractivity contribution is 0.230. The number of hydrogen-bond acceptors (Lipinski definition) is 5. The zero-order chi connectivity index (χ0) is 17.9. The van der Waals surface area contributed by atoms with Crippen LogP contribution in [0.25, 0.3) is 11.6 Å². The molecule has 0 amide bonds. The van der Waals surface area contributed by atoms with Gasteiger partial charge in [-0.05, 0) is 39.7 Å². The average molecular weight is 354 g/mol. The number of hydrogen-bond donors (Lipinski definition) is 0. The van der Waals surface area contributed by atoms with Crippen molar-refractivity contribution in [2.75, 3.05) is 13.2 Å². The van der Waals surface area contributed by atoms with E-state index in [1.807, 2.05) is 13.8 Å². The monoisotopic (exact) mass is 354 g/mol. The predicted molar refractivity (Wildman–Crippen MR) is 94.7 cm³/mol. The first-order valence-corrected chi connectivity index (χ1v) is 9.89. The fraction of sp³-hybridized carbons (Fsp3) is 0.588. The van der Waals surface area contributed by atoms with Gasteiger partial charge in [0, 0.05) is 12.2 Å². The second-order valence-electron chi connectivity index (χ2n) is 6.08. The van der Waals surface area contributed by atoms with E-state index in [2.05, 4.69) is 23.4 Å². The minimum atomic E-state index is -3.43. The number of imidazole rings is 1. The highest BCUT2D eigenvalue weighted by Crippen LogP contribution is 2.49. The molecule has 0 radical (unpaired) electrons. The Labute approximate surface area is 143 Å². The van der Waals surface area contributed by atoms with Crippen molar-refractivity contribution in [3.8, 4) is 11.6 Å². The highest BCUT2D eigenvalue weighted by Gasteiger charge is 2.34. The topological polar surface area (TPSA) is 66.5 Å². The lowest BCUT2D eigenvalue weighted by Gasteiger charge is -2.17. The van der Waals surface area contributed by atoms with Crippen LogP contribution in [0.4, 0.5) is 0 Å². The fourth-order valence-electron chi connectivity index (χ4n) is 2.62. The molecular formula is C17H27N2O4P. The van der Waals surface area contributed by atoms with E-state index in [1.54, 1.807) is 19.9 Å². The molecule has 2 heterocycles. The van der Waals surface area contributed by atoms with E-state index < -0.39 is 7.60 Å². The molecule has 0 atom stereocenters. The standard InChI is InChI=1S/C17H27N2O4P/c1-7-22-24(20,23-8-2)15-9-10-21-16(15)17-18-13(5)14(6)19(17)11-12(3)4/h9-10,12H,7-8,11H2,1-6H3. The smallest absolute Gasteiger partial charge is 0.365 e. The van der Waals surface area contributed by atoms with Crippen molar-refractivity contribution in [2.24, 2.45) is 5.92 Å². The molecule has 2 rings (SSSR count). The summed E-state index contributed by atoms with van der Waals surface area (Å²) in [5.74, 6) is 1.57. The summed E-state index contributed by atoms with van der Waals surface area (Å²) in [6.07, 6.45) is 1.51. The van der Waals surface area contributed by atoms with Crippen molar-refractivity contribution in [3.63, 3.8) is 0 Å². The van der Waals surface area contributed by atoms with E-state index in [0.717, 1.165) is 17.9 Å². The van der Waals surface area contributed by atoms with Gasteiger partial charge in [0.05, 0.1) is 25.2 Å². The largest absolute Gasteiger partial charge is 0.460 e. The minimum Gasteiger partial charge on any atom is -0.460 e. The summed E-state index contributed by atoms with van der Waals surface area (Å²) in [5.41, 5.74) is 2.00. The summed E-state index contributed by atoms with van der Waals surface area (Å²) in [6, 6.07) is 1.65. The van der Waals surface area contributed by atoms with Gasteiger partial charge in [-0.3, -0.25) is 4.57 Å². The summed E-state index contributed by atoms with van der Waals surface area (Å²) < 4.78 is 31.9. The van der Waals surface area contributed by atoms with E-state index in [4.69, 9.17) is 13.5 Å². The molecule has 0 aromatic carbocycles. The summed E-state index contributed by atoms with van der Waals surface area (Å²) in [6.45, 7) is 13.2. The highest BCUT2D eigenvalue weighted by atomic mass is 31.2. The number of nitrogens with zero attached hydrogens (tertiary/aromatic N) is 2. The molecule has 0 spiro atoms. The summed E-state index contributed by atoms with van der Waals surface area (Å²) in [5, 5.41) is 0.432. The lowest BCUT2D eigenvalue weighted by Crippen LogP contribution is -2.14. The molecular weight excluding hydrogens is 327 g/mol. The number of aromatic nitrogens is 2. The van der Waals surface area contributed by atoms with Crippen LogP contribution in [0.2, 0.25) is 0 Å². The van der Waals surface area contributed by atoms with Crippen molar-refractivity contribution in [3.05, 3.63) is 23.7 Å². The molecule has 134 valence electrons. The first-order valence-electron chi connectivity index (χ1n) is 8.35. The van der Waals surface area contributed by atoms with Crippen LogP contribution in [0.15, 0.2) is 16.7 Å². The van der Waals surface area contributed by atoms with Gasteiger partial charge in [-0.15, -0.1) is 0 Å². The van der Waals surface area contributed by atoms with Crippen LogP contribution in [-0.4, -0.2) is 22.8 Å². The van der Waals surface area contributed by atoms with Gasteiger partial charge < -0.3 is 18.0 Å². The molecule has 0 aliphatic rings. The second-order valence-corrected chi connectivity index (χ2v) is 8.07. The molecule has 2 aromatic heterocycles. The Morgan fingerprint density at radius 1 is 1.25 bits per heavy atom. The van der Waals surface area contributed by atoms with Crippen LogP contribution >= 0.6 is 7.60 Å². The number of rotatable bonds is 8. The van der Waals surface area contributed by atoms with Gasteiger partial charge >= 0.3 is 7.60 Å². The first kappa shape index (κ1) is 19.0. The third-order valence-corrected chi connectivity index (χ3v) is 5.88. The average Bonchev–Trinajstić information content (AvgIpc) is 3.08. The molecule has 2 aromatic rings. The summed E-state index contributed by atoms with van der Waals surface area (Å²) in [4.78, 5) is 4.64. The maximum absolute atomic E-state index is 13.2. The lowest BCUT2D eigenvalue weighted by atomic mass is 10.2. The second kappa shape index (κ2) is 7.68. The van der Waals surface area contributed by atoms with Gasteiger partial charge in [-0.2, -0.15) is 0 Å². The maximum atomic E-state index is 13.2. The Morgan fingerprint density at radius 2 is 1.88 bits per heavy atom. The van der Waals surface area contributed by atoms with Crippen LogP contribution in [0, 0.1) is 19.8 Å². The molecule has 0 N–H and O–H groups in total. The Kier molecular flexibility index (Phi) is 6.07. The van der Waals surface area contributed by atoms with Crippen molar-refractivity contribution in [1.29, 1.82) is 0 Å². The fourth-order valence-corrected chi connectivity index (χ4v) is 4.30. The van der Waals surface area contributed by atoms with Gasteiger partial charge in [0.2, 0.25) is 0 Å². The van der Waals surface area contributed by atoms with Crippen LogP contribution in [-0.2, 0) is 20.2 Å². The van der Waals surface area contributed by atoms with Gasteiger partial charge in [0.25, 0.3) is 0 Å². The van der Waals surface area contributed by atoms with E-state index in [-0.39, 0.29) is 0 Å². The molecule has 0 aliphatic heterocycles. The molecule has 7 heteroatoms. The SMILES string of the molecule is CCOP(=O)(OCC)c1ccoc1-c1nc(C)c(C)n1CC(C)C. The molecule has 0 aliphatic carbocycles. The molecule has 0 saturated carbocycles. The van der Waals surface area contributed by atoms with Crippen LogP contribution in [0.3, 0.4) is 0 Å². The quantitative estimate of drug-likeness (QED) is 0.661. The third-order valence-electron chi connectivity index (χ3n) is 3.75. The first-order chi connectivity index (χ1) is 11.3. The van der Waals surface area contributed by atoms with E-state index in [9.17, 15) is 4.57 Å². The third kappa shape index (κ3) is 3.66. The van der Waals surface area contributed by atoms with Crippen LogP contribution in [0.5, 0.6) is 0 Å². The van der Waals surface area contributed by atoms with Crippen molar-refractivity contribution in [2.45, 2.75) is 48.1 Å². The van der Waals surface area contributed by atoms with Crippen molar-refractivity contribution < 1.29 is 18.0 Å². The zero-order valence-electron chi connectivity index (χ0n) is 15.3. The zero-order valence-corrected chi connectivity index (χ0v) is 16.2. The predicted octanol–water partition coefficient (Wildman–Crippen LogP) is 4.31. The molecule has 0 bridgehead atoms. The Morgan fingerprint density at radius 3 is 2.42 bits per heavy atom. The van der Waals surface area contributed by atoms with E-state index in [1.165, 1.54) is 6.26 Å². The summed E-state index contributed by atoms with van der Waals surface area (Å²) in [7, 11) is -3.43. The Hall–Kier alpha value is -1.36. The van der Waals surface area contributed by atoms with Gasteiger partial charge in [-0.1, -0.05) is 13.8 Å². The van der Waals surface area contributed by atoms with Crippen LogP contribution in [0.1, 0.15) is 39.1 Å².